The third-order valence-electron chi connectivity index (χ3n) is 4.12. The zero-order chi connectivity index (χ0) is 15.4. The highest BCUT2D eigenvalue weighted by atomic mass is 35.5. The van der Waals surface area contributed by atoms with E-state index in [4.69, 9.17) is 21.1 Å². The van der Waals surface area contributed by atoms with Crippen LogP contribution in [0.5, 0.6) is 0 Å². The van der Waals surface area contributed by atoms with E-state index in [1.165, 1.54) is 0 Å². The maximum Gasteiger partial charge on any atom is 0.238 e. The average Bonchev–Trinajstić information content (AvgIpc) is 3.04. The largest absolute Gasteiger partial charge is 0.349 e. The van der Waals surface area contributed by atoms with E-state index in [1.54, 1.807) is 12.1 Å². The number of nitrogens with one attached hydrogen (secondary N) is 1. The first-order valence-electron chi connectivity index (χ1n) is 7.76. The van der Waals surface area contributed by atoms with Crippen molar-refractivity contribution in [3.05, 3.63) is 29.3 Å². The number of anilines is 1. The van der Waals surface area contributed by atoms with Crippen LogP contribution in [-0.4, -0.2) is 49.4 Å². The van der Waals surface area contributed by atoms with Crippen LogP contribution in [0.4, 0.5) is 5.69 Å². The molecule has 2 saturated heterocycles. The fourth-order valence-electron chi connectivity index (χ4n) is 3.06. The molecule has 1 N–H and O–H groups in total. The maximum atomic E-state index is 12.3. The first kappa shape index (κ1) is 15.7. The van der Waals surface area contributed by atoms with Gasteiger partial charge in [-0.05, 0) is 31.5 Å². The molecule has 0 aliphatic carbocycles. The maximum absolute atomic E-state index is 12.3. The Hall–Kier alpha value is -1.14. The molecule has 22 heavy (non-hydrogen) atoms. The van der Waals surface area contributed by atoms with Crippen LogP contribution in [0.15, 0.2) is 24.3 Å². The number of halogens is 1. The first-order chi connectivity index (χ1) is 10.7. The predicted molar refractivity (Wildman–Crippen MR) is 85.0 cm³/mol. The van der Waals surface area contributed by atoms with Crippen molar-refractivity contribution in [2.75, 3.05) is 31.6 Å². The van der Waals surface area contributed by atoms with E-state index in [0.29, 0.717) is 30.5 Å². The van der Waals surface area contributed by atoms with E-state index in [9.17, 15) is 4.79 Å². The van der Waals surface area contributed by atoms with Gasteiger partial charge in [-0.1, -0.05) is 30.2 Å². The van der Waals surface area contributed by atoms with E-state index in [2.05, 4.69) is 10.2 Å². The van der Waals surface area contributed by atoms with Gasteiger partial charge in [-0.15, -0.1) is 0 Å². The van der Waals surface area contributed by atoms with Gasteiger partial charge < -0.3 is 14.8 Å². The van der Waals surface area contributed by atoms with Gasteiger partial charge in [0.15, 0.2) is 6.29 Å². The lowest BCUT2D eigenvalue weighted by molar-refractivity contribution is -0.127. The average molecular weight is 325 g/mol. The second-order valence-corrected chi connectivity index (χ2v) is 6.08. The Morgan fingerprint density at radius 2 is 2.05 bits per heavy atom. The van der Waals surface area contributed by atoms with Gasteiger partial charge in [0.1, 0.15) is 0 Å². The lowest BCUT2D eigenvalue weighted by Gasteiger charge is -2.37. The second kappa shape index (κ2) is 7.42. The number of nitrogens with zero attached hydrogens (tertiary/aromatic N) is 1. The number of benzene rings is 1. The van der Waals surface area contributed by atoms with Crippen LogP contribution in [0.1, 0.15) is 19.3 Å². The number of ether oxygens (including phenoxy) is 2. The number of hydrogen-bond donors (Lipinski definition) is 1. The summed E-state index contributed by atoms with van der Waals surface area (Å²) in [7, 11) is 0. The number of para-hydroxylation sites is 1. The molecule has 2 heterocycles. The summed E-state index contributed by atoms with van der Waals surface area (Å²) in [5.74, 6) is -0.0574. The summed E-state index contributed by atoms with van der Waals surface area (Å²) < 4.78 is 11.2. The number of amides is 1. The van der Waals surface area contributed by atoms with Crippen molar-refractivity contribution in [3.8, 4) is 0 Å². The lowest BCUT2D eigenvalue weighted by Crippen LogP contribution is -2.50. The Balaban J connectivity index is 1.60. The monoisotopic (exact) mass is 324 g/mol. The third kappa shape index (κ3) is 3.79. The topological polar surface area (TPSA) is 50.8 Å². The van der Waals surface area contributed by atoms with Crippen LogP contribution in [0, 0.1) is 0 Å². The van der Waals surface area contributed by atoms with Gasteiger partial charge in [-0.3, -0.25) is 9.69 Å². The summed E-state index contributed by atoms with van der Waals surface area (Å²) in [6.45, 7) is 2.50. The van der Waals surface area contributed by atoms with Gasteiger partial charge in [-0.2, -0.15) is 0 Å². The molecular formula is C16H21ClN2O3. The molecule has 2 aliphatic rings. The highest BCUT2D eigenvalue weighted by Crippen LogP contribution is 2.25. The summed E-state index contributed by atoms with van der Waals surface area (Å²) in [5.41, 5.74) is 0.649. The number of likely N-dealkylation sites (tertiary alicyclic amines) is 1. The smallest absolute Gasteiger partial charge is 0.238 e. The molecular weight excluding hydrogens is 304 g/mol. The molecule has 2 aliphatic heterocycles. The predicted octanol–water partition coefficient (Wildman–Crippen LogP) is 2.51. The minimum absolute atomic E-state index is 0.0574. The summed E-state index contributed by atoms with van der Waals surface area (Å²) >= 11 is 6.08. The van der Waals surface area contributed by atoms with Crippen molar-refractivity contribution in [1.82, 2.24) is 4.90 Å². The molecule has 0 bridgehead atoms. The molecule has 120 valence electrons. The van der Waals surface area contributed by atoms with Gasteiger partial charge in [0, 0.05) is 0 Å². The summed E-state index contributed by atoms with van der Waals surface area (Å²) in [6.07, 6.45) is 3.05. The van der Waals surface area contributed by atoms with Crippen molar-refractivity contribution in [3.63, 3.8) is 0 Å². The van der Waals surface area contributed by atoms with Gasteiger partial charge in [-0.25, -0.2) is 0 Å². The highest BCUT2D eigenvalue weighted by Gasteiger charge is 2.34. The van der Waals surface area contributed by atoms with Crippen LogP contribution >= 0.6 is 11.6 Å². The van der Waals surface area contributed by atoms with Crippen LogP contribution in [0.3, 0.4) is 0 Å². The van der Waals surface area contributed by atoms with Crippen molar-refractivity contribution in [2.24, 2.45) is 0 Å². The molecule has 5 nitrogen and oxygen atoms in total. The summed E-state index contributed by atoms with van der Waals surface area (Å²) in [4.78, 5) is 14.5. The van der Waals surface area contributed by atoms with Crippen LogP contribution in [0.2, 0.25) is 5.02 Å². The number of carbonyl (C=O) groups is 1. The number of piperidine rings is 1. The Morgan fingerprint density at radius 3 is 2.82 bits per heavy atom. The summed E-state index contributed by atoms with van der Waals surface area (Å²) in [5, 5.41) is 3.42. The van der Waals surface area contributed by atoms with E-state index in [-0.39, 0.29) is 18.2 Å². The summed E-state index contributed by atoms with van der Waals surface area (Å²) in [6, 6.07) is 7.42. The minimum atomic E-state index is -0.201. The number of hydrogen-bond acceptors (Lipinski definition) is 4. The minimum Gasteiger partial charge on any atom is -0.349 e. The van der Waals surface area contributed by atoms with Crippen LogP contribution in [-0.2, 0) is 14.3 Å². The standard InChI is InChI=1S/C16H21ClN2O3/c17-12-5-1-2-6-13(12)18-15(20)11-19-8-4-3-7-14(19)16-21-9-10-22-16/h1-2,5-6,14,16H,3-4,7-11H2,(H,18,20). The highest BCUT2D eigenvalue weighted by molar-refractivity contribution is 6.33. The van der Waals surface area contributed by atoms with Crippen molar-refractivity contribution in [1.29, 1.82) is 0 Å². The van der Waals surface area contributed by atoms with E-state index in [1.807, 2.05) is 12.1 Å². The van der Waals surface area contributed by atoms with Gasteiger partial charge in [0.25, 0.3) is 0 Å². The number of rotatable bonds is 4. The van der Waals surface area contributed by atoms with Crippen molar-refractivity contribution < 1.29 is 14.3 Å². The molecule has 1 atom stereocenters. The van der Waals surface area contributed by atoms with Crippen LogP contribution < -0.4 is 5.32 Å². The molecule has 1 aromatic rings. The zero-order valence-electron chi connectivity index (χ0n) is 12.5. The quantitative estimate of drug-likeness (QED) is 0.924. The Bertz CT molecular complexity index is 520. The molecule has 1 unspecified atom stereocenters. The van der Waals surface area contributed by atoms with Crippen molar-refractivity contribution in [2.45, 2.75) is 31.6 Å². The molecule has 2 fully saturated rings. The molecule has 0 saturated carbocycles. The van der Waals surface area contributed by atoms with E-state index >= 15 is 0 Å². The Kier molecular flexibility index (Phi) is 5.31. The lowest BCUT2D eigenvalue weighted by atomic mass is 10.0. The van der Waals surface area contributed by atoms with Crippen molar-refractivity contribution >= 4 is 23.2 Å². The SMILES string of the molecule is O=C(CN1CCCCC1C1OCCO1)Nc1ccccc1Cl. The Morgan fingerprint density at radius 1 is 1.27 bits per heavy atom. The second-order valence-electron chi connectivity index (χ2n) is 5.67. The van der Waals surface area contributed by atoms with Gasteiger partial charge in [0.05, 0.1) is 36.5 Å². The van der Waals surface area contributed by atoms with Gasteiger partial charge >= 0.3 is 0 Å². The molecule has 1 aromatic carbocycles. The van der Waals surface area contributed by atoms with Crippen LogP contribution in [0.25, 0.3) is 0 Å². The van der Waals surface area contributed by atoms with E-state index < -0.39 is 0 Å². The molecule has 1 amide bonds. The molecule has 0 radical (unpaired) electrons. The van der Waals surface area contributed by atoms with Gasteiger partial charge in [0.2, 0.25) is 5.91 Å². The molecule has 6 heteroatoms. The Labute approximate surface area is 135 Å². The van der Waals surface area contributed by atoms with E-state index in [0.717, 1.165) is 25.8 Å². The fourth-order valence-corrected chi connectivity index (χ4v) is 3.24. The first-order valence-corrected chi connectivity index (χ1v) is 8.13. The molecule has 0 aromatic heterocycles. The molecule has 0 spiro atoms. The molecule has 3 rings (SSSR count). The number of carbonyl (C=O) groups excluding carboxylic acids is 1. The zero-order valence-corrected chi connectivity index (χ0v) is 13.2. The third-order valence-corrected chi connectivity index (χ3v) is 4.45. The normalized spacial score (nSPS) is 23.6. The fraction of sp³-hybridized carbons (Fsp3) is 0.562.